The van der Waals surface area contributed by atoms with E-state index in [9.17, 15) is 9.90 Å². The standard InChI is InChI=1S/C32H34ClN5O3S/c1-18-15-22(19(2)37(18)25-16-20(33)10-13-26(25)39)29-28(24-9-7-8-14-34-24)36-31(42)38(29)21-11-12-23(27(17-21)41-6)35-30(40)32(3,4)5/h7-17,28-29,39H,1-6H3,(H,35,40)(H,36,42)/t28-,29+/m0/s1. The molecule has 1 aliphatic heterocycles. The first-order chi connectivity index (χ1) is 19.9. The number of nitrogens with zero attached hydrogens (tertiary/aromatic N) is 3. The van der Waals surface area contributed by atoms with Crippen molar-refractivity contribution >= 4 is 46.2 Å². The highest BCUT2D eigenvalue weighted by atomic mass is 35.5. The van der Waals surface area contributed by atoms with Gasteiger partial charge in [-0.15, -0.1) is 0 Å². The van der Waals surface area contributed by atoms with Crippen LogP contribution in [0.5, 0.6) is 11.5 Å². The molecule has 2 aromatic carbocycles. The Morgan fingerprint density at radius 3 is 2.55 bits per heavy atom. The van der Waals surface area contributed by atoms with Gasteiger partial charge in [-0.1, -0.05) is 38.4 Å². The van der Waals surface area contributed by atoms with Crippen molar-refractivity contribution in [1.82, 2.24) is 14.9 Å². The second-order valence-corrected chi connectivity index (χ2v) is 12.2. The van der Waals surface area contributed by atoms with Crippen LogP contribution < -0.4 is 20.3 Å². The third-order valence-electron chi connectivity index (χ3n) is 7.46. The second kappa shape index (κ2) is 11.3. The van der Waals surface area contributed by atoms with E-state index in [-0.39, 0.29) is 23.7 Å². The molecule has 8 nitrogen and oxygen atoms in total. The van der Waals surface area contributed by atoms with E-state index in [1.165, 1.54) is 0 Å². The molecule has 1 aliphatic rings. The number of aryl methyl sites for hydroxylation is 1. The Labute approximate surface area is 256 Å². The fourth-order valence-corrected chi connectivity index (χ4v) is 5.84. The average molecular weight is 604 g/mol. The molecule has 10 heteroatoms. The minimum absolute atomic E-state index is 0.114. The van der Waals surface area contributed by atoms with Gasteiger partial charge in [0, 0.05) is 39.8 Å². The Morgan fingerprint density at radius 1 is 1.12 bits per heavy atom. The first kappa shape index (κ1) is 29.4. The van der Waals surface area contributed by atoms with Crippen molar-refractivity contribution in [2.75, 3.05) is 17.3 Å². The van der Waals surface area contributed by atoms with E-state index in [2.05, 4.69) is 26.6 Å². The van der Waals surface area contributed by atoms with Gasteiger partial charge in [0.15, 0.2) is 5.11 Å². The van der Waals surface area contributed by atoms with Gasteiger partial charge in [0.25, 0.3) is 0 Å². The molecule has 5 rings (SSSR count). The van der Waals surface area contributed by atoms with Gasteiger partial charge >= 0.3 is 0 Å². The number of pyridine rings is 1. The molecule has 3 heterocycles. The monoisotopic (exact) mass is 603 g/mol. The van der Waals surface area contributed by atoms with E-state index in [4.69, 9.17) is 28.6 Å². The number of ether oxygens (including phenoxy) is 1. The van der Waals surface area contributed by atoms with Crippen molar-refractivity contribution in [1.29, 1.82) is 0 Å². The molecular weight excluding hydrogens is 570 g/mol. The third kappa shape index (κ3) is 5.42. The predicted molar refractivity (Wildman–Crippen MR) is 171 cm³/mol. The number of hydrogen-bond donors (Lipinski definition) is 3. The highest BCUT2D eigenvalue weighted by Gasteiger charge is 2.42. The number of methoxy groups -OCH3 is 1. The van der Waals surface area contributed by atoms with Gasteiger partial charge in [-0.05, 0) is 80.2 Å². The van der Waals surface area contributed by atoms with Crippen LogP contribution in [0.2, 0.25) is 5.02 Å². The van der Waals surface area contributed by atoms with E-state index in [1.807, 2.05) is 75.6 Å². The lowest BCUT2D eigenvalue weighted by atomic mass is 9.95. The van der Waals surface area contributed by atoms with Crippen LogP contribution in [0, 0.1) is 19.3 Å². The Morgan fingerprint density at radius 2 is 1.88 bits per heavy atom. The van der Waals surface area contributed by atoms with Crippen molar-refractivity contribution < 1.29 is 14.6 Å². The van der Waals surface area contributed by atoms with Gasteiger partial charge in [0.1, 0.15) is 11.5 Å². The molecule has 0 spiro atoms. The molecule has 0 saturated carbocycles. The molecule has 1 amide bonds. The number of benzene rings is 2. The molecule has 2 aromatic heterocycles. The zero-order valence-electron chi connectivity index (χ0n) is 24.4. The number of aromatic nitrogens is 2. The quantitative estimate of drug-likeness (QED) is 0.204. The molecule has 42 heavy (non-hydrogen) atoms. The number of phenolic OH excluding ortho intramolecular Hbond substituents is 1. The van der Waals surface area contributed by atoms with Gasteiger partial charge in [0.2, 0.25) is 5.91 Å². The minimum atomic E-state index is -0.564. The topological polar surface area (TPSA) is 91.7 Å². The average Bonchev–Trinajstić information content (AvgIpc) is 3.44. The van der Waals surface area contributed by atoms with E-state index in [0.29, 0.717) is 27.3 Å². The van der Waals surface area contributed by atoms with Gasteiger partial charge < -0.3 is 29.9 Å². The van der Waals surface area contributed by atoms with Crippen LogP contribution in [0.4, 0.5) is 11.4 Å². The Bertz CT molecular complexity index is 1660. The zero-order chi connectivity index (χ0) is 30.3. The summed E-state index contributed by atoms with van der Waals surface area (Å²) in [5, 5.41) is 18.3. The second-order valence-electron chi connectivity index (χ2n) is 11.4. The highest BCUT2D eigenvalue weighted by molar-refractivity contribution is 7.80. The molecule has 0 aliphatic carbocycles. The maximum absolute atomic E-state index is 12.7. The normalized spacial score (nSPS) is 16.8. The molecular formula is C32H34ClN5O3S. The van der Waals surface area contributed by atoms with Crippen LogP contribution in [0.3, 0.4) is 0 Å². The van der Waals surface area contributed by atoms with Gasteiger partial charge in [-0.2, -0.15) is 0 Å². The number of phenols is 1. The van der Waals surface area contributed by atoms with Crippen molar-refractivity contribution in [2.45, 2.75) is 46.7 Å². The maximum atomic E-state index is 12.7. The largest absolute Gasteiger partial charge is 0.506 e. The van der Waals surface area contributed by atoms with Gasteiger partial charge in [-0.25, -0.2) is 0 Å². The Kier molecular flexibility index (Phi) is 7.92. The summed E-state index contributed by atoms with van der Waals surface area (Å²) in [5.41, 5.74) is 5.08. The maximum Gasteiger partial charge on any atom is 0.229 e. The van der Waals surface area contributed by atoms with Crippen molar-refractivity contribution in [3.8, 4) is 17.2 Å². The molecule has 3 N–H and O–H groups in total. The van der Waals surface area contributed by atoms with Crippen LogP contribution in [0.1, 0.15) is 55.5 Å². The Hall–Kier alpha value is -4.08. The van der Waals surface area contributed by atoms with Gasteiger partial charge in [0.05, 0.1) is 36.3 Å². The molecule has 0 unspecified atom stereocenters. The summed E-state index contributed by atoms with van der Waals surface area (Å²) in [6, 6.07) is 18.0. The SMILES string of the molecule is COc1cc(N2C(=S)N[C@@H](c3ccccn3)[C@H]2c2cc(C)n(-c3cc(Cl)ccc3O)c2C)ccc1NC(=O)C(C)(C)C. The number of anilines is 2. The lowest BCUT2D eigenvalue weighted by Gasteiger charge is -2.29. The van der Waals surface area contributed by atoms with Crippen molar-refractivity contribution in [2.24, 2.45) is 5.41 Å². The van der Waals surface area contributed by atoms with Crippen molar-refractivity contribution in [3.05, 3.63) is 94.5 Å². The number of halogens is 1. The number of aromatic hydroxyl groups is 1. The van der Waals surface area contributed by atoms with E-state index in [1.54, 1.807) is 31.5 Å². The molecule has 0 radical (unpaired) electrons. The fourth-order valence-electron chi connectivity index (χ4n) is 5.33. The third-order valence-corrected chi connectivity index (χ3v) is 8.01. The van der Waals surface area contributed by atoms with E-state index < -0.39 is 5.41 Å². The zero-order valence-corrected chi connectivity index (χ0v) is 26.0. The van der Waals surface area contributed by atoms with E-state index >= 15 is 0 Å². The summed E-state index contributed by atoms with van der Waals surface area (Å²) in [6.07, 6.45) is 1.77. The van der Waals surface area contributed by atoms with Crippen LogP contribution in [0.15, 0.2) is 66.9 Å². The lowest BCUT2D eigenvalue weighted by Crippen LogP contribution is -2.30. The van der Waals surface area contributed by atoms with Crippen LogP contribution in [-0.2, 0) is 4.79 Å². The molecule has 218 valence electrons. The van der Waals surface area contributed by atoms with Crippen molar-refractivity contribution in [3.63, 3.8) is 0 Å². The molecule has 1 fully saturated rings. The lowest BCUT2D eigenvalue weighted by molar-refractivity contribution is -0.123. The number of amides is 1. The van der Waals surface area contributed by atoms with Crippen LogP contribution >= 0.6 is 23.8 Å². The summed E-state index contributed by atoms with van der Waals surface area (Å²) in [5.74, 6) is 0.530. The number of nitrogens with one attached hydrogen (secondary N) is 2. The van der Waals surface area contributed by atoms with Crippen LogP contribution in [0.25, 0.3) is 5.69 Å². The summed E-state index contributed by atoms with van der Waals surface area (Å²) in [4.78, 5) is 19.4. The summed E-state index contributed by atoms with van der Waals surface area (Å²) >= 11 is 12.3. The first-order valence-corrected chi connectivity index (χ1v) is 14.4. The number of thiocarbonyl (C=S) groups is 1. The number of rotatable bonds is 6. The molecule has 1 saturated heterocycles. The number of hydrogen-bond acceptors (Lipinski definition) is 5. The van der Waals surface area contributed by atoms with Crippen LogP contribution in [-0.4, -0.2) is 32.8 Å². The fraction of sp³-hybridized carbons (Fsp3) is 0.281. The summed E-state index contributed by atoms with van der Waals surface area (Å²) in [6.45, 7) is 9.59. The van der Waals surface area contributed by atoms with E-state index in [0.717, 1.165) is 28.3 Å². The molecule has 2 atom stereocenters. The minimum Gasteiger partial charge on any atom is -0.506 e. The first-order valence-electron chi connectivity index (χ1n) is 13.6. The molecule has 0 bridgehead atoms. The summed E-state index contributed by atoms with van der Waals surface area (Å²) < 4.78 is 7.71. The van der Waals surface area contributed by atoms with Gasteiger partial charge in [-0.3, -0.25) is 9.78 Å². The number of carbonyl (C=O) groups excluding carboxylic acids is 1. The number of carbonyl (C=O) groups is 1. The Balaban J connectivity index is 1.64. The summed E-state index contributed by atoms with van der Waals surface area (Å²) in [7, 11) is 1.58. The smallest absolute Gasteiger partial charge is 0.229 e. The highest BCUT2D eigenvalue weighted by Crippen LogP contribution is 2.45. The predicted octanol–water partition coefficient (Wildman–Crippen LogP) is 7.02. The molecule has 4 aromatic rings.